The summed E-state index contributed by atoms with van der Waals surface area (Å²) in [5.41, 5.74) is 0.644. The van der Waals surface area contributed by atoms with E-state index in [0.29, 0.717) is 12.1 Å². The minimum Gasteiger partial charge on any atom is -0.387 e. The molecule has 1 atom stereocenters. The second-order valence-electron chi connectivity index (χ2n) is 2.07. The van der Waals surface area contributed by atoms with Crippen LogP contribution in [0.15, 0.2) is 18.3 Å². The maximum atomic E-state index is 9.23. The van der Waals surface area contributed by atoms with E-state index in [1.807, 2.05) is 6.92 Å². The van der Waals surface area contributed by atoms with Crippen molar-refractivity contribution in [2.45, 2.75) is 19.4 Å². The molecule has 0 radical (unpaired) electrons. The maximum absolute atomic E-state index is 9.23. The van der Waals surface area contributed by atoms with Gasteiger partial charge in [-0.1, -0.05) is 6.92 Å². The molecule has 0 saturated heterocycles. The summed E-state index contributed by atoms with van der Waals surface area (Å²) >= 11 is 0. The summed E-state index contributed by atoms with van der Waals surface area (Å²) in [5, 5.41) is 16.6. The second kappa shape index (κ2) is 3.27. The topological polar surface area (TPSA) is 46.0 Å². The van der Waals surface area contributed by atoms with Gasteiger partial charge in [0.1, 0.15) is 0 Å². The lowest BCUT2D eigenvalue weighted by Crippen LogP contribution is -1.98. The van der Waals surface area contributed by atoms with Crippen LogP contribution in [0, 0.1) is 0 Å². The van der Waals surface area contributed by atoms with Gasteiger partial charge in [-0.05, 0) is 18.6 Å². The Labute approximate surface area is 59.7 Å². The highest BCUT2D eigenvalue weighted by Gasteiger charge is 2.03. The van der Waals surface area contributed by atoms with E-state index in [-0.39, 0.29) is 0 Å². The molecule has 10 heavy (non-hydrogen) atoms. The molecule has 1 aromatic heterocycles. The highest BCUT2D eigenvalue weighted by atomic mass is 16.3. The van der Waals surface area contributed by atoms with Crippen LogP contribution in [0.1, 0.15) is 25.1 Å². The zero-order valence-electron chi connectivity index (χ0n) is 5.86. The average Bonchev–Trinajstić information content (AvgIpc) is 2.05. The largest absolute Gasteiger partial charge is 0.387 e. The maximum Gasteiger partial charge on any atom is 0.0975 e. The van der Waals surface area contributed by atoms with Crippen molar-refractivity contribution >= 4 is 0 Å². The Balaban J connectivity index is 2.75. The van der Waals surface area contributed by atoms with E-state index in [2.05, 4.69) is 10.2 Å². The molecule has 0 saturated carbocycles. The lowest BCUT2D eigenvalue weighted by atomic mass is 10.2. The van der Waals surface area contributed by atoms with Gasteiger partial charge in [-0.3, -0.25) is 0 Å². The van der Waals surface area contributed by atoms with Crippen LogP contribution in [-0.2, 0) is 0 Å². The Hall–Kier alpha value is -0.960. The monoisotopic (exact) mass is 138 g/mol. The summed E-state index contributed by atoms with van der Waals surface area (Å²) < 4.78 is 0. The molecule has 0 amide bonds. The first-order valence-corrected chi connectivity index (χ1v) is 3.30. The molecule has 0 spiro atoms. The molecule has 0 aliphatic carbocycles. The first-order chi connectivity index (χ1) is 4.84. The van der Waals surface area contributed by atoms with Gasteiger partial charge in [-0.15, -0.1) is 0 Å². The molecule has 1 N–H and O–H groups in total. The smallest absolute Gasteiger partial charge is 0.0975 e. The third kappa shape index (κ3) is 1.51. The Kier molecular flexibility index (Phi) is 2.34. The molecule has 1 aromatic rings. The quantitative estimate of drug-likeness (QED) is 0.661. The SMILES string of the molecule is CCC(O)c1cccnn1. The van der Waals surface area contributed by atoms with Gasteiger partial charge < -0.3 is 5.11 Å². The van der Waals surface area contributed by atoms with E-state index in [0.717, 1.165) is 0 Å². The van der Waals surface area contributed by atoms with Gasteiger partial charge in [0.25, 0.3) is 0 Å². The zero-order chi connectivity index (χ0) is 7.40. The van der Waals surface area contributed by atoms with E-state index in [1.165, 1.54) is 0 Å². The number of nitrogens with zero attached hydrogens (tertiary/aromatic N) is 2. The van der Waals surface area contributed by atoms with Crippen LogP contribution in [0.5, 0.6) is 0 Å². The number of aliphatic hydroxyl groups is 1. The first kappa shape index (κ1) is 7.15. The number of hydrogen-bond donors (Lipinski definition) is 1. The predicted octanol–water partition coefficient (Wildman–Crippen LogP) is 0.920. The van der Waals surface area contributed by atoms with Gasteiger partial charge >= 0.3 is 0 Å². The van der Waals surface area contributed by atoms with Gasteiger partial charge in [-0.2, -0.15) is 10.2 Å². The van der Waals surface area contributed by atoms with Gasteiger partial charge in [0.15, 0.2) is 0 Å². The second-order valence-corrected chi connectivity index (χ2v) is 2.07. The molecule has 0 aliphatic heterocycles. The van der Waals surface area contributed by atoms with Crippen LogP contribution in [0.2, 0.25) is 0 Å². The van der Waals surface area contributed by atoms with Gasteiger partial charge in [0.05, 0.1) is 11.8 Å². The Morgan fingerprint density at radius 2 is 2.50 bits per heavy atom. The van der Waals surface area contributed by atoms with E-state index >= 15 is 0 Å². The van der Waals surface area contributed by atoms with Crippen LogP contribution >= 0.6 is 0 Å². The Bertz CT molecular complexity index is 188. The fourth-order valence-corrected chi connectivity index (χ4v) is 0.700. The molecular formula is C7H10N2O. The van der Waals surface area contributed by atoms with Crippen molar-refractivity contribution in [3.8, 4) is 0 Å². The molecule has 0 bridgehead atoms. The number of hydrogen-bond acceptors (Lipinski definition) is 3. The lowest BCUT2D eigenvalue weighted by molar-refractivity contribution is 0.167. The van der Waals surface area contributed by atoms with Crippen molar-refractivity contribution in [3.05, 3.63) is 24.0 Å². The standard InChI is InChI=1S/C7H10N2O/c1-2-7(10)6-4-3-5-8-9-6/h3-5,7,10H,2H2,1H3. The molecule has 1 unspecified atom stereocenters. The minimum absolute atomic E-state index is 0.464. The van der Waals surface area contributed by atoms with Crippen molar-refractivity contribution in [2.75, 3.05) is 0 Å². The molecule has 1 heterocycles. The van der Waals surface area contributed by atoms with E-state index < -0.39 is 6.10 Å². The van der Waals surface area contributed by atoms with E-state index in [9.17, 15) is 5.11 Å². The lowest BCUT2D eigenvalue weighted by Gasteiger charge is -2.03. The summed E-state index contributed by atoms with van der Waals surface area (Å²) in [7, 11) is 0. The Morgan fingerprint density at radius 1 is 1.70 bits per heavy atom. The van der Waals surface area contributed by atoms with Gasteiger partial charge in [-0.25, -0.2) is 0 Å². The molecule has 0 aliphatic rings. The third-order valence-electron chi connectivity index (χ3n) is 1.32. The highest BCUT2D eigenvalue weighted by molar-refractivity contribution is 5.01. The van der Waals surface area contributed by atoms with Crippen LogP contribution in [0.3, 0.4) is 0 Å². The van der Waals surface area contributed by atoms with E-state index in [4.69, 9.17) is 0 Å². The molecule has 3 heteroatoms. The Morgan fingerprint density at radius 3 is 3.00 bits per heavy atom. The van der Waals surface area contributed by atoms with Crippen molar-refractivity contribution in [3.63, 3.8) is 0 Å². The molecule has 3 nitrogen and oxygen atoms in total. The summed E-state index contributed by atoms with van der Waals surface area (Å²) in [5.74, 6) is 0. The summed E-state index contributed by atoms with van der Waals surface area (Å²) in [6.45, 7) is 1.90. The number of rotatable bonds is 2. The van der Waals surface area contributed by atoms with Crippen molar-refractivity contribution in [1.29, 1.82) is 0 Å². The number of aromatic nitrogens is 2. The molecule has 1 rings (SSSR count). The van der Waals surface area contributed by atoms with Crippen molar-refractivity contribution < 1.29 is 5.11 Å². The minimum atomic E-state index is -0.464. The zero-order valence-corrected chi connectivity index (χ0v) is 5.86. The van der Waals surface area contributed by atoms with Crippen molar-refractivity contribution in [1.82, 2.24) is 10.2 Å². The number of aliphatic hydroxyl groups excluding tert-OH is 1. The van der Waals surface area contributed by atoms with E-state index in [1.54, 1.807) is 18.3 Å². The fourth-order valence-electron chi connectivity index (χ4n) is 0.700. The summed E-state index contributed by atoms with van der Waals surface area (Å²) in [6.07, 6.45) is 1.80. The summed E-state index contributed by atoms with van der Waals surface area (Å²) in [4.78, 5) is 0. The molecular weight excluding hydrogens is 128 g/mol. The highest BCUT2D eigenvalue weighted by Crippen LogP contribution is 2.10. The fraction of sp³-hybridized carbons (Fsp3) is 0.429. The average molecular weight is 138 g/mol. The first-order valence-electron chi connectivity index (χ1n) is 3.30. The van der Waals surface area contributed by atoms with Crippen LogP contribution < -0.4 is 0 Å². The molecule has 54 valence electrons. The third-order valence-corrected chi connectivity index (χ3v) is 1.32. The normalized spacial score (nSPS) is 13.0. The van der Waals surface area contributed by atoms with Crippen LogP contribution in [0.25, 0.3) is 0 Å². The molecule has 0 fully saturated rings. The van der Waals surface area contributed by atoms with Crippen molar-refractivity contribution in [2.24, 2.45) is 0 Å². The molecule has 0 aromatic carbocycles. The van der Waals surface area contributed by atoms with Gasteiger partial charge in [0.2, 0.25) is 0 Å². The predicted molar refractivity (Wildman–Crippen MR) is 37.3 cm³/mol. The van der Waals surface area contributed by atoms with Crippen LogP contribution in [-0.4, -0.2) is 15.3 Å². The van der Waals surface area contributed by atoms with Gasteiger partial charge in [0, 0.05) is 6.20 Å². The summed E-state index contributed by atoms with van der Waals surface area (Å²) in [6, 6.07) is 3.53. The van der Waals surface area contributed by atoms with Crippen LogP contribution in [0.4, 0.5) is 0 Å².